The molecule has 1 aliphatic rings. The van der Waals surface area contributed by atoms with Crippen molar-refractivity contribution in [3.05, 3.63) is 5.69 Å². The Labute approximate surface area is 113 Å². The molecule has 8 heteroatoms. The van der Waals surface area contributed by atoms with Gasteiger partial charge in [-0.25, -0.2) is 13.1 Å². The van der Waals surface area contributed by atoms with Crippen LogP contribution in [0.5, 0.6) is 0 Å². The van der Waals surface area contributed by atoms with E-state index < -0.39 is 10.0 Å². The summed E-state index contributed by atoms with van der Waals surface area (Å²) in [6, 6.07) is 0. The van der Waals surface area contributed by atoms with Crippen LogP contribution >= 0.6 is 0 Å². The van der Waals surface area contributed by atoms with Gasteiger partial charge in [0.1, 0.15) is 4.90 Å². The van der Waals surface area contributed by atoms with Gasteiger partial charge >= 0.3 is 0 Å². The second-order valence-corrected chi connectivity index (χ2v) is 6.45. The van der Waals surface area contributed by atoms with Gasteiger partial charge in [0, 0.05) is 20.2 Å². The summed E-state index contributed by atoms with van der Waals surface area (Å²) in [5.74, 6) is 0.0321. The van der Waals surface area contributed by atoms with Gasteiger partial charge in [0.25, 0.3) is 0 Å². The molecule has 1 unspecified atom stereocenters. The quantitative estimate of drug-likeness (QED) is 0.804. The van der Waals surface area contributed by atoms with Crippen LogP contribution in [0.3, 0.4) is 0 Å². The van der Waals surface area contributed by atoms with E-state index in [1.807, 2.05) is 0 Å². The predicted octanol–water partition coefficient (Wildman–Crippen LogP) is 0.158. The van der Waals surface area contributed by atoms with Gasteiger partial charge in [-0.05, 0) is 26.2 Å². The summed E-state index contributed by atoms with van der Waals surface area (Å²) in [6.45, 7) is 2.80. The highest BCUT2D eigenvalue weighted by molar-refractivity contribution is 7.89. The summed E-state index contributed by atoms with van der Waals surface area (Å²) < 4.78 is 33.8. The van der Waals surface area contributed by atoms with Crippen molar-refractivity contribution in [2.45, 2.75) is 37.2 Å². The lowest BCUT2D eigenvalue weighted by molar-refractivity contribution is 0.105. The maximum atomic E-state index is 12.2. The molecule has 1 saturated heterocycles. The number of sulfonamides is 1. The first kappa shape index (κ1) is 14.3. The third-order valence-electron chi connectivity index (χ3n) is 3.36. The zero-order valence-electron chi connectivity index (χ0n) is 11.2. The van der Waals surface area contributed by atoms with Crippen molar-refractivity contribution in [1.29, 1.82) is 0 Å². The molecule has 2 heterocycles. The summed E-state index contributed by atoms with van der Waals surface area (Å²) in [5, 5.41) is 3.91. The monoisotopic (exact) mass is 288 g/mol. The number of aromatic nitrogens is 2. The van der Waals surface area contributed by atoms with Crippen LogP contribution in [0.15, 0.2) is 4.90 Å². The number of nitrogen functional groups attached to an aromatic ring is 1. The van der Waals surface area contributed by atoms with E-state index in [1.54, 1.807) is 14.0 Å². The highest BCUT2D eigenvalue weighted by Crippen LogP contribution is 2.21. The number of hydrogen-bond donors (Lipinski definition) is 2. The topological polar surface area (TPSA) is 99.2 Å². The van der Waals surface area contributed by atoms with Crippen LogP contribution in [0.1, 0.15) is 25.0 Å². The minimum atomic E-state index is -3.61. The second-order valence-electron chi connectivity index (χ2n) is 4.74. The van der Waals surface area contributed by atoms with E-state index in [0.29, 0.717) is 18.7 Å². The minimum absolute atomic E-state index is 0.0321. The van der Waals surface area contributed by atoms with Gasteiger partial charge < -0.3 is 10.5 Å². The van der Waals surface area contributed by atoms with Gasteiger partial charge in [-0.3, -0.25) is 4.68 Å². The third kappa shape index (κ3) is 3.07. The summed E-state index contributed by atoms with van der Waals surface area (Å²) >= 11 is 0. The lowest BCUT2D eigenvalue weighted by atomic mass is 10.2. The average Bonchev–Trinajstić information content (AvgIpc) is 2.88. The van der Waals surface area contributed by atoms with Crippen molar-refractivity contribution >= 4 is 15.8 Å². The lowest BCUT2D eigenvalue weighted by Gasteiger charge is -2.10. The fraction of sp³-hybridized carbons (Fsp3) is 0.727. The molecule has 1 atom stereocenters. The van der Waals surface area contributed by atoms with Gasteiger partial charge in [-0.2, -0.15) is 5.10 Å². The van der Waals surface area contributed by atoms with E-state index in [0.717, 1.165) is 19.4 Å². The molecule has 3 N–H and O–H groups in total. The van der Waals surface area contributed by atoms with Gasteiger partial charge in [-0.1, -0.05) is 0 Å². The van der Waals surface area contributed by atoms with E-state index in [4.69, 9.17) is 10.5 Å². The highest BCUT2D eigenvalue weighted by Gasteiger charge is 2.25. The van der Waals surface area contributed by atoms with E-state index in [2.05, 4.69) is 9.82 Å². The van der Waals surface area contributed by atoms with Crippen LogP contribution in [0.4, 0.5) is 5.82 Å². The van der Waals surface area contributed by atoms with Gasteiger partial charge in [0.2, 0.25) is 10.0 Å². The molecule has 0 saturated carbocycles. The number of anilines is 1. The average molecular weight is 288 g/mol. The summed E-state index contributed by atoms with van der Waals surface area (Å²) in [4.78, 5) is 0.0716. The Morgan fingerprint density at radius 1 is 1.58 bits per heavy atom. The molecule has 1 fully saturated rings. The number of rotatable bonds is 5. The Morgan fingerprint density at radius 3 is 2.84 bits per heavy atom. The van der Waals surface area contributed by atoms with Crippen molar-refractivity contribution in [3.63, 3.8) is 0 Å². The Hall–Kier alpha value is -1.12. The van der Waals surface area contributed by atoms with Crippen LogP contribution in [0, 0.1) is 6.92 Å². The Kier molecular flexibility index (Phi) is 4.12. The first-order valence-corrected chi connectivity index (χ1v) is 7.80. The molecule has 1 aliphatic heterocycles. The molecule has 0 spiro atoms. The molecule has 0 aromatic carbocycles. The molecule has 108 valence electrons. The number of nitrogens with zero attached hydrogens (tertiary/aromatic N) is 2. The van der Waals surface area contributed by atoms with E-state index in [9.17, 15) is 8.42 Å². The molecule has 2 rings (SSSR count). The van der Waals surface area contributed by atoms with E-state index >= 15 is 0 Å². The number of aryl methyl sites for hydroxylation is 1. The smallest absolute Gasteiger partial charge is 0.246 e. The van der Waals surface area contributed by atoms with Gasteiger partial charge in [0.05, 0.1) is 11.8 Å². The van der Waals surface area contributed by atoms with Crippen molar-refractivity contribution in [2.75, 3.05) is 18.9 Å². The maximum Gasteiger partial charge on any atom is 0.246 e. The van der Waals surface area contributed by atoms with E-state index in [1.165, 1.54) is 4.68 Å². The SMILES string of the molecule is Cc1c(S(=O)(=O)NCCC2CCCO2)c(N)nn1C. The van der Waals surface area contributed by atoms with E-state index in [-0.39, 0.29) is 16.8 Å². The molecular weight excluding hydrogens is 268 g/mol. The van der Waals surface area contributed by atoms with Crippen LogP contribution in [-0.2, 0) is 21.8 Å². The maximum absolute atomic E-state index is 12.2. The van der Waals surface area contributed by atoms with Crippen molar-refractivity contribution in [1.82, 2.24) is 14.5 Å². The number of ether oxygens (including phenoxy) is 1. The normalized spacial score (nSPS) is 20.0. The Balaban J connectivity index is 2.01. The first-order chi connectivity index (χ1) is 8.92. The fourth-order valence-corrected chi connectivity index (χ4v) is 3.61. The molecule has 7 nitrogen and oxygen atoms in total. The molecule has 0 bridgehead atoms. The van der Waals surface area contributed by atoms with Gasteiger partial charge in [-0.15, -0.1) is 0 Å². The summed E-state index contributed by atoms with van der Waals surface area (Å²) in [7, 11) is -1.94. The Morgan fingerprint density at radius 2 is 2.32 bits per heavy atom. The molecule has 1 aromatic heterocycles. The Bertz CT molecular complexity index is 547. The van der Waals surface area contributed by atoms with Crippen LogP contribution < -0.4 is 10.5 Å². The highest BCUT2D eigenvalue weighted by atomic mass is 32.2. The third-order valence-corrected chi connectivity index (χ3v) is 4.98. The van der Waals surface area contributed by atoms with Crippen LogP contribution in [0.2, 0.25) is 0 Å². The molecular formula is C11H20N4O3S. The van der Waals surface area contributed by atoms with Crippen molar-refractivity contribution in [2.24, 2.45) is 7.05 Å². The first-order valence-electron chi connectivity index (χ1n) is 6.32. The van der Waals surface area contributed by atoms with Crippen LogP contribution in [-0.4, -0.2) is 37.5 Å². The number of nitrogens with two attached hydrogens (primary N) is 1. The minimum Gasteiger partial charge on any atom is -0.381 e. The van der Waals surface area contributed by atoms with Crippen molar-refractivity contribution in [3.8, 4) is 0 Å². The second kappa shape index (κ2) is 5.48. The number of nitrogens with one attached hydrogen (secondary N) is 1. The zero-order chi connectivity index (χ0) is 14.0. The lowest BCUT2D eigenvalue weighted by Crippen LogP contribution is -2.28. The van der Waals surface area contributed by atoms with Gasteiger partial charge in [0.15, 0.2) is 5.82 Å². The summed E-state index contributed by atoms with van der Waals surface area (Å²) in [5.41, 5.74) is 6.18. The molecule has 0 amide bonds. The fourth-order valence-electron chi connectivity index (χ4n) is 2.24. The predicted molar refractivity (Wildman–Crippen MR) is 71.1 cm³/mol. The molecule has 1 aromatic rings. The van der Waals surface area contributed by atoms with Crippen molar-refractivity contribution < 1.29 is 13.2 Å². The largest absolute Gasteiger partial charge is 0.381 e. The summed E-state index contributed by atoms with van der Waals surface area (Å²) in [6.07, 6.45) is 2.88. The van der Waals surface area contributed by atoms with Crippen LogP contribution in [0.25, 0.3) is 0 Å². The molecule has 19 heavy (non-hydrogen) atoms. The number of hydrogen-bond acceptors (Lipinski definition) is 5. The molecule has 0 radical (unpaired) electrons. The standard InChI is InChI=1S/C11H20N4O3S/c1-8-10(11(12)14-15(8)2)19(16,17)13-6-5-9-4-3-7-18-9/h9,13H,3-7H2,1-2H3,(H2,12,14). The zero-order valence-corrected chi connectivity index (χ0v) is 12.0. The molecule has 0 aliphatic carbocycles.